The van der Waals surface area contributed by atoms with Crippen molar-refractivity contribution in [2.45, 2.75) is 45.3 Å². The highest BCUT2D eigenvalue weighted by Gasteiger charge is 2.31. The van der Waals surface area contributed by atoms with Gasteiger partial charge in [-0.1, -0.05) is 129 Å². The summed E-state index contributed by atoms with van der Waals surface area (Å²) in [5.74, 6) is 0. The maximum atomic E-state index is 6.74. The van der Waals surface area contributed by atoms with Crippen molar-refractivity contribution in [2.24, 2.45) is 0 Å². The molecular weight excluding hydrogens is 499 g/mol. The lowest BCUT2D eigenvalue weighted by Gasteiger charge is -2.34. The highest BCUT2D eigenvalue weighted by molar-refractivity contribution is 8.93. The van der Waals surface area contributed by atoms with E-state index in [9.17, 15) is 0 Å². The van der Waals surface area contributed by atoms with Gasteiger partial charge in [0.1, 0.15) is 0 Å². The van der Waals surface area contributed by atoms with Gasteiger partial charge in [0, 0.05) is 0 Å². The number of rotatable bonds is 10. The van der Waals surface area contributed by atoms with Gasteiger partial charge in [-0.3, -0.25) is 0 Å². The monoisotopic (exact) mass is 532 g/mol. The molecule has 1 nitrogen and oxygen atoms in total. The summed E-state index contributed by atoms with van der Waals surface area (Å²) in [6.07, 6.45) is 3.04. The van der Waals surface area contributed by atoms with Crippen LogP contribution in [0.3, 0.4) is 0 Å². The summed E-state index contributed by atoms with van der Waals surface area (Å²) in [5, 5.41) is 4.12. The molecule has 0 saturated carbocycles. The minimum absolute atomic E-state index is 0. The second-order valence-corrected chi connectivity index (χ2v) is 10.6. The van der Waals surface area contributed by atoms with E-state index in [1.54, 1.807) is 0 Å². The van der Waals surface area contributed by atoms with Crippen molar-refractivity contribution < 1.29 is 4.74 Å². The van der Waals surface area contributed by atoms with E-state index in [1.165, 1.54) is 27.0 Å². The lowest BCUT2D eigenvalue weighted by Crippen LogP contribution is -2.30. The average Bonchev–Trinajstić information content (AvgIpc) is 2.89. The molecule has 1 unspecified atom stereocenters. The fourth-order valence-electron chi connectivity index (χ4n) is 4.51. The van der Waals surface area contributed by atoms with E-state index in [2.05, 4.69) is 129 Å². The van der Waals surface area contributed by atoms with E-state index in [0.717, 1.165) is 19.3 Å². The van der Waals surface area contributed by atoms with Crippen LogP contribution in [-0.4, -0.2) is 0 Å². The van der Waals surface area contributed by atoms with Gasteiger partial charge in [-0.2, -0.15) is 0 Å². The molecule has 0 fully saturated rings. The minimum atomic E-state index is -0.632. The molecule has 0 aliphatic rings. The van der Waals surface area contributed by atoms with E-state index >= 15 is 0 Å². The van der Waals surface area contributed by atoms with Crippen LogP contribution < -0.4 is 15.9 Å². The van der Waals surface area contributed by atoms with Crippen LogP contribution in [-0.2, 0) is 16.9 Å². The van der Waals surface area contributed by atoms with E-state index < -0.39 is 7.92 Å². The fourth-order valence-corrected chi connectivity index (χ4v) is 6.85. The van der Waals surface area contributed by atoms with Crippen molar-refractivity contribution >= 4 is 40.8 Å². The Morgan fingerprint density at radius 1 is 0.647 bits per heavy atom. The molecule has 0 saturated heterocycles. The first kappa shape index (κ1) is 26.4. The minimum Gasteiger partial charge on any atom is -0.366 e. The van der Waals surface area contributed by atoms with Gasteiger partial charge in [-0.15, -0.1) is 17.0 Å². The second-order valence-electron chi connectivity index (χ2n) is 8.43. The molecule has 0 aromatic heterocycles. The standard InChI is InChI=1S/C31H33OP.BrH/c1-3-23-31(4-2,32-25-26-15-8-5-9-16-26)27-17-14-22-30(24-27)33(28-18-10-6-11-19-28)29-20-12-7-13-21-29;/h5-22,24H,3-4,23,25H2,1-2H3;1H. The van der Waals surface area contributed by atoms with E-state index in [4.69, 9.17) is 4.74 Å². The maximum Gasteiger partial charge on any atom is 0.0933 e. The summed E-state index contributed by atoms with van der Waals surface area (Å²) in [6.45, 7) is 5.14. The van der Waals surface area contributed by atoms with E-state index in [1.807, 2.05) is 0 Å². The summed E-state index contributed by atoms with van der Waals surface area (Å²) in [6, 6.07) is 41.5. The van der Waals surface area contributed by atoms with Crippen molar-refractivity contribution in [3.8, 4) is 0 Å². The Morgan fingerprint density at radius 2 is 1.18 bits per heavy atom. The van der Waals surface area contributed by atoms with Crippen molar-refractivity contribution in [1.29, 1.82) is 0 Å². The molecule has 0 bridgehead atoms. The SMILES string of the molecule is Br.CCCC(CC)(OCc1ccccc1)c1cccc(P(c2ccccc2)c2ccccc2)c1. The zero-order chi connectivity index (χ0) is 22.9. The van der Waals surface area contributed by atoms with Crippen molar-refractivity contribution in [3.63, 3.8) is 0 Å². The molecule has 34 heavy (non-hydrogen) atoms. The van der Waals surface area contributed by atoms with Crippen LogP contribution >= 0.6 is 24.9 Å². The number of halogens is 1. The Kier molecular flexibility index (Phi) is 10.1. The third-order valence-corrected chi connectivity index (χ3v) is 8.67. The van der Waals surface area contributed by atoms with Crippen LogP contribution in [0, 0.1) is 0 Å². The Bertz CT molecular complexity index is 1080. The lowest BCUT2D eigenvalue weighted by molar-refractivity contribution is -0.0717. The first-order valence-corrected chi connectivity index (χ1v) is 13.3. The summed E-state index contributed by atoms with van der Waals surface area (Å²) in [4.78, 5) is 0. The van der Waals surface area contributed by atoms with Crippen LogP contribution in [0.25, 0.3) is 0 Å². The molecule has 0 aliphatic heterocycles. The molecule has 4 aromatic rings. The van der Waals surface area contributed by atoms with Crippen molar-refractivity contribution in [2.75, 3.05) is 0 Å². The van der Waals surface area contributed by atoms with Crippen molar-refractivity contribution in [3.05, 3.63) is 126 Å². The summed E-state index contributed by atoms with van der Waals surface area (Å²) in [5.41, 5.74) is 2.23. The third kappa shape index (κ3) is 6.25. The van der Waals surface area contributed by atoms with Gasteiger partial charge in [0.05, 0.1) is 12.2 Å². The number of ether oxygens (including phenoxy) is 1. The zero-order valence-corrected chi connectivity index (χ0v) is 22.7. The summed E-state index contributed by atoms with van der Waals surface area (Å²) in [7, 11) is -0.632. The van der Waals surface area contributed by atoms with Gasteiger partial charge < -0.3 is 4.74 Å². The van der Waals surface area contributed by atoms with E-state index in [0.29, 0.717) is 6.61 Å². The van der Waals surface area contributed by atoms with Gasteiger partial charge in [0.2, 0.25) is 0 Å². The predicted octanol–water partition coefficient (Wildman–Crippen LogP) is 7.64. The molecule has 0 aliphatic carbocycles. The Labute approximate surface area is 216 Å². The summed E-state index contributed by atoms with van der Waals surface area (Å²) >= 11 is 0. The van der Waals surface area contributed by atoms with Gasteiger partial charge in [-0.05, 0) is 53.9 Å². The predicted molar refractivity (Wildman–Crippen MR) is 154 cm³/mol. The lowest BCUT2D eigenvalue weighted by atomic mass is 9.86. The van der Waals surface area contributed by atoms with E-state index in [-0.39, 0.29) is 22.6 Å². The van der Waals surface area contributed by atoms with Crippen LogP contribution in [0.5, 0.6) is 0 Å². The van der Waals surface area contributed by atoms with Crippen LogP contribution in [0.4, 0.5) is 0 Å². The zero-order valence-electron chi connectivity index (χ0n) is 20.1. The first-order chi connectivity index (χ1) is 16.3. The largest absolute Gasteiger partial charge is 0.366 e. The molecule has 0 radical (unpaired) electrons. The molecular formula is C31H34BrOP. The Morgan fingerprint density at radius 3 is 1.71 bits per heavy atom. The smallest absolute Gasteiger partial charge is 0.0933 e. The molecule has 3 heteroatoms. The van der Waals surface area contributed by atoms with Crippen LogP contribution in [0.2, 0.25) is 0 Å². The molecule has 0 spiro atoms. The number of hydrogen-bond acceptors (Lipinski definition) is 1. The molecule has 0 N–H and O–H groups in total. The average molecular weight is 533 g/mol. The quantitative estimate of drug-likeness (QED) is 0.190. The van der Waals surface area contributed by atoms with Gasteiger partial charge in [0.15, 0.2) is 0 Å². The van der Waals surface area contributed by atoms with Crippen molar-refractivity contribution in [1.82, 2.24) is 0 Å². The first-order valence-electron chi connectivity index (χ1n) is 11.9. The van der Waals surface area contributed by atoms with Crippen LogP contribution in [0.1, 0.15) is 44.2 Å². The molecule has 4 rings (SSSR count). The topological polar surface area (TPSA) is 9.23 Å². The maximum absolute atomic E-state index is 6.74. The Balaban J connectivity index is 0.00000324. The second kappa shape index (κ2) is 13.0. The normalized spacial score (nSPS) is 12.7. The molecule has 4 aromatic carbocycles. The summed E-state index contributed by atoms with van der Waals surface area (Å²) < 4.78 is 6.74. The third-order valence-electron chi connectivity index (χ3n) is 6.24. The van der Waals surface area contributed by atoms with Gasteiger partial charge in [0.25, 0.3) is 0 Å². The van der Waals surface area contributed by atoms with Gasteiger partial charge >= 0.3 is 0 Å². The van der Waals surface area contributed by atoms with Crippen LogP contribution in [0.15, 0.2) is 115 Å². The highest BCUT2D eigenvalue weighted by Crippen LogP contribution is 2.38. The number of benzene rings is 4. The molecule has 0 heterocycles. The molecule has 0 amide bonds. The van der Waals surface area contributed by atoms with Gasteiger partial charge in [-0.25, -0.2) is 0 Å². The Hall–Kier alpha value is -2.25. The highest BCUT2D eigenvalue weighted by atomic mass is 79.9. The molecule has 1 atom stereocenters. The number of hydrogen-bond donors (Lipinski definition) is 0. The molecule has 176 valence electrons. The fraction of sp³-hybridized carbons (Fsp3) is 0.226.